The number of rotatable bonds is 10. The summed E-state index contributed by atoms with van der Waals surface area (Å²) in [5, 5.41) is 6.84. The molecule has 1 aliphatic heterocycles. The molecule has 0 bridgehead atoms. The van der Waals surface area contributed by atoms with Gasteiger partial charge in [0.05, 0.1) is 5.39 Å². The van der Waals surface area contributed by atoms with Crippen LogP contribution in [0.2, 0.25) is 0 Å². The number of H-pyrrole nitrogens is 1. The Bertz CT molecular complexity index is 1170. The first-order valence-corrected chi connectivity index (χ1v) is 12.9. The zero-order valence-electron chi connectivity index (χ0n) is 21.5. The maximum Gasteiger partial charge on any atom is 0.270 e. The third-order valence-electron chi connectivity index (χ3n) is 6.46. The molecule has 2 amide bonds. The van der Waals surface area contributed by atoms with Gasteiger partial charge in [-0.25, -0.2) is 9.97 Å². The lowest BCUT2D eigenvalue weighted by Crippen LogP contribution is -2.48. The van der Waals surface area contributed by atoms with Crippen molar-refractivity contribution in [2.75, 3.05) is 51.1 Å². The number of benzene rings is 1. The molecule has 192 valence electrons. The maximum atomic E-state index is 13.3. The van der Waals surface area contributed by atoms with E-state index in [1.807, 2.05) is 41.3 Å². The fraction of sp³-hybridized carbons (Fsp3) is 0.481. The van der Waals surface area contributed by atoms with Gasteiger partial charge in [-0.3, -0.25) is 14.5 Å². The number of aromatic nitrogens is 3. The van der Waals surface area contributed by atoms with Crippen molar-refractivity contribution in [3.63, 3.8) is 0 Å². The van der Waals surface area contributed by atoms with Crippen LogP contribution >= 0.6 is 0 Å². The molecular formula is C27H37N7O2. The van der Waals surface area contributed by atoms with Crippen molar-refractivity contribution in [1.29, 1.82) is 0 Å². The number of fused-ring (bicyclic) bond motifs is 1. The predicted molar refractivity (Wildman–Crippen MR) is 143 cm³/mol. The van der Waals surface area contributed by atoms with Crippen LogP contribution in [0.4, 0.5) is 5.82 Å². The number of carbonyl (C=O) groups excluding carboxylic acids is 2. The molecule has 1 fully saturated rings. The van der Waals surface area contributed by atoms with Gasteiger partial charge in [0.1, 0.15) is 17.2 Å². The molecule has 4 rings (SSSR count). The number of hydrogen-bond donors (Lipinski definition) is 3. The summed E-state index contributed by atoms with van der Waals surface area (Å²) in [5.74, 6) is 1.84. The highest BCUT2D eigenvalue weighted by atomic mass is 16.2. The van der Waals surface area contributed by atoms with E-state index in [0.29, 0.717) is 36.1 Å². The first-order valence-electron chi connectivity index (χ1n) is 12.9. The van der Waals surface area contributed by atoms with Gasteiger partial charge in [-0.05, 0) is 31.4 Å². The SMILES string of the molecule is CC(=O)NCCNc1nc(-c2ccccc2)nc2[nH]c(C(=O)N3CCN(CCCC(C)C)CC3)cc12. The van der Waals surface area contributed by atoms with Crippen molar-refractivity contribution in [2.24, 2.45) is 5.92 Å². The molecule has 0 saturated carbocycles. The Morgan fingerprint density at radius 3 is 2.50 bits per heavy atom. The largest absolute Gasteiger partial charge is 0.368 e. The van der Waals surface area contributed by atoms with Crippen LogP contribution < -0.4 is 10.6 Å². The summed E-state index contributed by atoms with van der Waals surface area (Å²) >= 11 is 0. The molecule has 0 radical (unpaired) electrons. The third kappa shape index (κ3) is 6.60. The number of piperazine rings is 1. The van der Waals surface area contributed by atoms with E-state index in [9.17, 15) is 9.59 Å². The summed E-state index contributed by atoms with van der Waals surface area (Å²) in [6.07, 6.45) is 2.44. The van der Waals surface area contributed by atoms with Crippen molar-refractivity contribution in [3.8, 4) is 11.4 Å². The van der Waals surface area contributed by atoms with E-state index in [0.717, 1.165) is 49.6 Å². The fourth-order valence-corrected chi connectivity index (χ4v) is 4.46. The van der Waals surface area contributed by atoms with Crippen molar-refractivity contribution < 1.29 is 9.59 Å². The summed E-state index contributed by atoms with van der Waals surface area (Å²) in [5.41, 5.74) is 2.02. The molecule has 9 heteroatoms. The van der Waals surface area contributed by atoms with Crippen molar-refractivity contribution >= 4 is 28.7 Å². The first kappa shape index (κ1) is 25.6. The van der Waals surface area contributed by atoms with Gasteiger partial charge in [-0.2, -0.15) is 0 Å². The van der Waals surface area contributed by atoms with E-state index >= 15 is 0 Å². The zero-order chi connectivity index (χ0) is 25.5. The minimum absolute atomic E-state index is 0.0136. The highest BCUT2D eigenvalue weighted by Gasteiger charge is 2.24. The van der Waals surface area contributed by atoms with E-state index in [2.05, 4.69) is 34.4 Å². The lowest BCUT2D eigenvalue weighted by molar-refractivity contribution is -0.118. The average Bonchev–Trinajstić information content (AvgIpc) is 3.31. The molecule has 0 atom stereocenters. The van der Waals surface area contributed by atoms with Gasteiger partial charge in [0.2, 0.25) is 5.91 Å². The normalized spacial score (nSPS) is 14.4. The van der Waals surface area contributed by atoms with Crippen molar-refractivity contribution in [2.45, 2.75) is 33.6 Å². The van der Waals surface area contributed by atoms with Crippen LogP contribution in [0, 0.1) is 5.92 Å². The Hall–Kier alpha value is -3.46. The van der Waals surface area contributed by atoms with Gasteiger partial charge >= 0.3 is 0 Å². The van der Waals surface area contributed by atoms with Crippen LogP contribution in [0.25, 0.3) is 22.4 Å². The van der Waals surface area contributed by atoms with Gasteiger partial charge < -0.3 is 20.5 Å². The van der Waals surface area contributed by atoms with E-state index in [1.54, 1.807) is 0 Å². The maximum absolute atomic E-state index is 13.3. The molecule has 3 aromatic rings. The van der Waals surface area contributed by atoms with E-state index in [4.69, 9.17) is 9.97 Å². The monoisotopic (exact) mass is 491 g/mol. The lowest BCUT2D eigenvalue weighted by atomic mass is 10.1. The number of aromatic amines is 1. The number of amides is 2. The number of hydrogen-bond acceptors (Lipinski definition) is 6. The standard InChI is InChI=1S/C27H37N7O2/c1-19(2)8-7-13-33-14-16-34(17-15-33)27(36)23-18-22-25(29-12-11-28-20(3)35)31-24(32-26(22)30-23)21-9-5-4-6-10-21/h4-6,9-10,18-19H,7-8,11-17H2,1-3H3,(H,28,35)(H2,29,30,31,32). The minimum atomic E-state index is -0.0795. The van der Waals surface area contributed by atoms with Crippen molar-refractivity contribution in [3.05, 3.63) is 42.1 Å². The summed E-state index contributed by atoms with van der Waals surface area (Å²) < 4.78 is 0. The second-order valence-corrected chi connectivity index (χ2v) is 9.79. The average molecular weight is 492 g/mol. The van der Waals surface area contributed by atoms with Crippen LogP contribution in [-0.2, 0) is 4.79 Å². The molecule has 2 aromatic heterocycles. The van der Waals surface area contributed by atoms with Crippen LogP contribution in [0.1, 0.15) is 44.1 Å². The zero-order valence-corrected chi connectivity index (χ0v) is 21.5. The van der Waals surface area contributed by atoms with Crippen LogP contribution in [-0.4, -0.2) is 82.4 Å². The summed E-state index contributed by atoms with van der Waals surface area (Å²) in [7, 11) is 0. The molecule has 1 aromatic carbocycles. The number of nitrogens with one attached hydrogen (secondary N) is 3. The predicted octanol–water partition coefficient (Wildman–Crippen LogP) is 3.37. The molecule has 0 unspecified atom stereocenters. The third-order valence-corrected chi connectivity index (χ3v) is 6.46. The lowest BCUT2D eigenvalue weighted by Gasteiger charge is -2.34. The van der Waals surface area contributed by atoms with E-state index in [1.165, 1.54) is 19.8 Å². The second-order valence-electron chi connectivity index (χ2n) is 9.79. The number of nitrogens with zero attached hydrogens (tertiary/aromatic N) is 4. The summed E-state index contributed by atoms with van der Waals surface area (Å²) in [6, 6.07) is 11.6. The topological polar surface area (TPSA) is 106 Å². The van der Waals surface area contributed by atoms with Gasteiger partial charge in [0, 0.05) is 51.8 Å². The molecule has 9 nitrogen and oxygen atoms in total. The molecule has 0 aliphatic carbocycles. The van der Waals surface area contributed by atoms with Crippen LogP contribution in [0.5, 0.6) is 0 Å². The summed E-state index contributed by atoms with van der Waals surface area (Å²) in [4.78, 5) is 41.6. The number of anilines is 1. The molecule has 0 spiro atoms. The molecule has 1 aliphatic rings. The van der Waals surface area contributed by atoms with Crippen molar-refractivity contribution in [1.82, 2.24) is 30.1 Å². The number of carbonyl (C=O) groups is 2. The Morgan fingerprint density at radius 2 is 1.81 bits per heavy atom. The Kier molecular flexibility index (Phi) is 8.53. The van der Waals surface area contributed by atoms with Gasteiger partial charge in [0.25, 0.3) is 5.91 Å². The van der Waals surface area contributed by atoms with E-state index in [-0.39, 0.29) is 11.8 Å². The second kappa shape index (κ2) is 12.0. The smallest absolute Gasteiger partial charge is 0.270 e. The van der Waals surface area contributed by atoms with E-state index < -0.39 is 0 Å². The Balaban J connectivity index is 1.50. The minimum Gasteiger partial charge on any atom is -0.368 e. The first-order chi connectivity index (χ1) is 17.4. The van der Waals surface area contributed by atoms with Gasteiger partial charge in [-0.1, -0.05) is 44.2 Å². The summed E-state index contributed by atoms with van der Waals surface area (Å²) in [6.45, 7) is 11.3. The molecule has 36 heavy (non-hydrogen) atoms. The highest BCUT2D eigenvalue weighted by molar-refractivity contribution is 6.00. The molecule has 3 heterocycles. The molecular weight excluding hydrogens is 454 g/mol. The van der Waals surface area contributed by atoms with Crippen LogP contribution in [0.15, 0.2) is 36.4 Å². The van der Waals surface area contributed by atoms with Gasteiger partial charge in [-0.15, -0.1) is 0 Å². The van der Waals surface area contributed by atoms with Gasteiger partial charge in [0.15, 0.2) is 5.82 Å². The van der Waals surface area contributed by atoms with Crippen LogP contribution in [0.3, 0.4) is 0 Å². The quantitative estimate of drug-likeness (QED) is 0.376. The molecule has 3 N–H and O–H groups in total. The Morgan fingerprint density at radius 1 is 1.06 bits per heavy atom. The Labute approximate surface area is 212 Å². The highest BCUT2D eigenvalue weighted by Crippen LogP contribution is 2.26. The fourth-order valence-electron chi connectivity index (χ4n) is 4.46. The molecule has 1 saturated heterocycles.